The maximum atomic E-state index is 13.2. The van der Waals surface area contributed by atoms with E-state index in [1.165, 1.54) is 0 Å². The largest absolute Gasteiger partial charge is 0.496 e. The van der Waals surface area contributed by atoms with Gasteiger partial charge in [0.1, 0.15) is 11.8 Å². The maximum absolute atomic E-state index is 13.2. The van der Waals surface area contributed by atoms with Crippen LogP contribution in [0.3, 0.4) is 0 Å². The van der Waals surface area contributed by atoms with Crippen LogP contribution in [0, 0.1) is 6.92 Å². The summed E-state index contributed by atoms with van der Waals surface area (Å²) in [6, 6.07) is 20.1. The van der Waals surface area contributed by atoms with E-state index in [1.807, 2.05) is 73.8 Å². The second kappa shape index (κ2) is 13.0. The molecule has 3 aromatic rings. The van der Waals surface area contributed by atoms with E-state index in [1.54, 1.807) is 24.9 Å². The minimum absolute atomic E-state index is 0.351. The summed E-state index contributed by atoms with van der Waals surface area (Å²) in [6.07, 6.45) is 2.27. The highest BCUT2D eigenvalue weighted by atomic mass is 32.2. The summed E-state index contributed by atoms with van der Waals surface area (Å²) in [4.78, 5) is 24.8. The highest BCUT2D eigenvalue weighted by molar-refractivity contribution is 7.98. The number of thioether (sulfide) groups is 1. The van der Waals surface area contributed by atoms with Crippen molar-refractivity contribution in [2.24, 2.45) is 0 Å². The number of nitrogens with one attached hydrogen (secondary N) is 1. The van der Waals surface area contributed by atoms with Gasteiger partial charge in [0.25, 0.3) is 5.91 Å². The van der Waals surface area contributed by atoms with Crippen molar-refractivity contribution in [2.45, 2.75) is 32.6 Å². The lowest BCUT2D eigenvalue weighted by Crippen LogP contribution is -2.41. The lowest BCUT2D eigenvalue weighted by molar-refractivity contribution is -0.139. The summed E-state index contributed by atoms with van der Waals surface area (Å²) in [5.74, 6) is -0.0243. The summed E-state index contributed by atoms with van der Waals surface area (Å²) in [5, 5.41) is 12.2. The van der Waals surface area contributed by atoms with Crippen molar-refractivity contribution in [2.75, 3.05) is 19.1 Å². The molecule has 1 amide bonds. The molecule has 0 unspecified atom stereocenters. The molecule has 2 N–H and O–H groups in total. The Hall–Kier alpha value is -3.29. The Kier molecular flexibility index (Phi) is 9.76. The Morgan fingerprint density at radius 2 is 1.74 bits per heavy atom. The van der Waals surface area contributed by atoms with Crippen LogP contribution in [0.4, 0.5) is 0 Å². The second-order valence-corrected chi connectivity index (χ2v) is 9.13. The number of aryl methyl sites for hydroxylation is 1. The number of rotatable bonds is 12. The van der Waals surface area contributed by atoms with Crippen LogP contribution in [0.2, 0.25) is 0 Å². The third kappa shape index (κ3) is 7.10. The van der Waals surface area contributed by atoms with Crippen molar-refractivity contribution < 1.29 is 24.2 Å². The fraction of sp³-hybridized carbons (Fsp3) is 0.286. The van der Waals surface area contributed by atoms with Crippen LogP contribution in [-0.2, 0) is 22.7 Å². The van der Waals surface area contributed by atoms with Crippen molar-refractivity contribution in [1.82, 2.24) is 5.32 Å². The predicted molar refractivity (Wildman–Crippen MR) is 140 cm³/mol. The molecule has 0 fully saturated rings. The molecule has 0 aliphatic heterocycles. The number of ether oxygens (including phenoxy) is 2. The van der Waals surface area contributed by atoms with Crippen LogP contribution in [0.5, 0.6) is 5.75 Å². The summed E-state index contributed by atoms with van der Waals surface area (Å²) in [7, 11) is 1.63. The quantitative estimate of drug-likeness (QED) is 0.355. The first-order valence-electron chi connectivity index (χ1n) is 11.4. The number of carbonyl (C=O) groups is 2. The molecule has 0 heterocycles. The third-order valence-electron chi connectivity index (χ3n) is 5.70. The lowest BCUT2D eigenvalue weighted by Gasteiger charge is -2.18. The Balaban J connectivity index is 1.85. The van der Waals surface area contributed by atoms with Crippen LogP contribution < -0.4 is 10.1 Å². The van der Waals surface area contributed by atoms with Gasteiger partial charge in [-0.15, -0.1) is 0 Å². The second-order valence-electron chi connectivity index (χ2n) is 8.15. The van der Waals surface area contributed by atoms with Gasteiger partial charge in [-0.25, -0.2) is 4.79 Å². The van der Waals surface area contributed by atoms with E-state index in [0.717, 1.165) is 33.6 Å². The zero-order chi connectivity index (χ0) is 25.2. The first-order valence-corrected chi connectivity index (χ1v) is 12.7. The van der Waals surface area contributed by atoms with E-state index in [9.17, 15) is 14.7 Å². The highest BCUT2D eigenvalue weighted by Gasteiger charge is 2.22. The fourth-order valence-corrected chi connectivity index (χ4v) is 4.28. The molecule has 6 nitrogen and oxygen atoms in total. The molecule has 184 valence electrons. The van der Waals surface area contributed by atoms with Crippen molar-refractivity contribution in [3.63, 3.8) is 0 Å². The molecule has 0 radical (unpaired) electrons. The standard InChI is InChI=1S/C28H31NO5S/c1-19-8-4-6-10-22(19)24-16-20(17-34-18-21-9-5-7-11-26(21)33-2)12-13-23(24)27(30)29-25(28(31)32)14-15-35-3/h4-13,16,25H,14-15,17-18H2,1-3H3,(H,29,30)(H,31,32)/t25-/m0/s1. The number of carboxylic acids is 1. The SMILES string of the molecule is COc1ccccc1COCc1ccc(C(=O)N[C@@H](CCSC)C(=O)O)c(-c2ccccc2C)c1. The van der Waals surface area contributed by atoms with Crippen LogP contribution in [-0.4, -0.2) is 42.1 Å². The van der Waals surface area contributed by atoms with Gasteiger partial charge in [-0.3, -0.25) is 4.79 Å². The predicted octanol–water partition coefficient (Wildman–Crippen LogP) is 5.32. The number of aliphatic carboxylic acids is 1. The summed E-state index contributed by atoms with van der Waals surface area (Å²) >= 11 is 1.55. The normalized spacial score (nSPS) is 11.6. The molecule has 0 aliphatic carbocycles. The molecule has 0 bridgehead atoms. The van der Waals surface area contributed by atoms with Crippen LogP contribution in [0.1, 0.15) is 33.5 Å². The van der Waals surface area contributed by atoms with E-state index in [-0.39, 0.29) is 0 Å². The molecular weight excluding hydrogens is 462 g/mol. The number of hydrogen-bond donors (Lipinski definition) is 2. The molecule has 0 aromatic heterocycles. The van der Waals surface area contributed by atoms with E-state index >= 15 is 0 Å². The molecule has 3 rings (SSSR count). The van der Waals surface area contributed by atoms with Gasteiger partial charge in [-0.05, 0) is 65.8 Å². The van der Waals surface area contributed by atoms with Crippen LogP contribution in [0.15, 0.2) is 66.7 Å². The van der Waals surface area contributed by atoms with E-state index in [4.69, 9.17) is 9.47 Å². The number of hydrogen-bond acceptors (Lipinski definition) is 5. The Bertz CT molecular complexity index is 1160. The minimum Gasteiger partial charge on any atom is -0.496 e. The molecule has 0 saturated heterocycles. The number of methoxy groups -OCH3 is 1. The van der Waals surface area contributed by atoms with E-state index < -0.39 is 17.9 Å². The Labute approximate surface area is 210 Å². The molecule has 3 aromatic carbocycles. The van der Waals surface area contributed by atoms with Crippen LogP contribution in [0.25, 0.3) is 11.1 Å². The average molecular weight is 494 g/mol. The number of para-hydroxylation sites is 1. The Morgan fingerprint density at radius 1 is 1.00 bits per heavy atom. The molecule has 0 aliphatic rings. The van der Waals surface area contributed by atoms with Gasteiger partial charge in [0.15, 0.2) is 0 Å². The van der Waals surface area contributed by atoms with Gasteiger partial charge in [0.2, 0.25) is 0 Å². The first-order chi connectivity index (χ1) is 16.9. The number of carbonyl (C=O) groups excluding carboxylic acids is 1. The molecule has 0 spiro atoms. The monoisotopic (exact) mass is 493 g/mol. The number of benzene rings is 3. The number of carboxylic acid groups (broad SMARTS) is 1. The highest BCUT2D eigenvalue weighted by Crippen LogP contribution is 2.29. The third-order valence-corrected chi connectivity index (χ3v) is 6.34. The van der Waals surface area contributed by atoms with Crippen molar-refractivity contribution in [1.29, 1.82) is 0 Å². The van der Waals surface area contributed by atoms with Crippen LogP contribution >= 0.6 is 11.8 Å². The summed E-state index contributed by atoms with van der Waals surface area (Å²) < 4.78 is 11.3. The van der Waals surface area contributed by atoms with Crippen molar-refractivity contribution in [3.8, 4) is 16.9 Å². The molecular formula is C28H31NO5S. The average Bonchev–Trinajstić information content (AvgIpc) is 2.86. The fourth-order valence-electron chi connectivity index (χ4n) is 3.81. The van der Waals surface area contributed by atoms with Gasteiger partial charge in [0.05, 0.1) is 20.3 Å². The topological polar surface area (TPSA) is 84.9 Å². The molecule has 1 atom stereocenters. The maximum Gasteiger partial charge on any atom is 0.326 e. The van der Waals surface area contributed by atoms with Gasteiger partial charge >= 0.3 is 5.97 Å². The van der Waals surface area contributed by atoms with Crippen molar-refractivity contribution >= 4 is 23.6 Å². The summed E-state index contributed by atoms with van der Waals surface area (Å²) in [5.41, 5.74) is 4.98. The number of amides is 1. The molecule has 7 heteroatoms. The zero-order valence-corrected chi connectivity index (χ0v) is 21.1. The van der Waals surface area contributed by atoms with Gasteiger partial charge < -0.3 is 19.9 Å². The Morgan fingerprint density at radius 3 is 2.46 bits per heavy atom. The van der Waals surface area contributed by atoms with E-state index in [0.29, 0.717) is 31.0 Å². The van der Waals surface area contributed by atoms with Gasteiger partial charge in [0, 0.05) is 11.1 Å². The summed E-state index contributed by atoms with van der Waals surface area (Å²) in [6.45, 7) is 2.73. The lowest BCUT2D eigenvalue weighted by atomic mass is 9.93. The van der Waals surface area contributed by atoms with Gasteiger partial charge in [-0.1, -0.05) is 48.5 Å². The zero-order valence-electron chi connectivity index (χ0n) is 20.2. The van der Waals surface area contributed by atoms with E-state index in [2.05, 4.69) is 5.32 Å². The van der Waals surface area contributed by atoms with Gasteiger partial charge in [-0.2, -0.15) is 11.8 Å². The first kappa shape index (κ1) is 26.3. The van der Waals surface area contributed by atoms with Crippen molar-refractivity contribution in [3.05, 3.63) is 89.0 Å². The molecule has 35 heavy (non-hydrogen) atoms. The minimum atomic E-state index is -1.04. The molecule has 0 saturated carbocycles. The smallest absolute Gasteiger partial charge is 0.326 e.